The number of hydrogen-bond donors (Lipinski definition) is 3. The Labute approximate surface area is 123 Å². The van der Waals surface area contributed by atoms with E-state index in [0.717, 1.165) is 0 Å². The molecule has 0 aliphatic heterocycles. The van der Waals surface area contributed by atoms with E-state index in [0.29, 0.717) is 25.1 Å². The van der Waals surface area contributed by atoms with Gasteiger partial charge in [0.1, 0.15) is 0 Å². The third kappa shape index (κ3) is 6.67. The molecule has 1 rings (SSSR count). The molecule has 1 unspecified atom stereocenters. The molecular formula is C15H20N2O4. The number of Topliss-reactive ketones (excluding diaryl/α,β-unsaturated/α-hetero) is 1. The first-order valence-electron chi connectivity index (χ1n) is 6.79. The summed E-state index contributed by atoms with van der Waals surface area (Å²) >= 11 is 0. The summed E-state index contributed by atoms with van der Waals surface area (Å²) in [6, 6.07) is 7.84. The molecule has 0 aliphatic rings. The highest BCUT2D eigenvalue weighted by Gasteiger charge is 2.22. The van der Waals surface area contributed by atoms with Gasteiger partial charge in [0, 0.05) is 19.0 Å². The normalized spacial score (nSPS) is 11.7. The van der Waals surface area contributed by atoms with Crippen molar-refractivity contribution in [2.75, 3.05) is 13.1 Å². The van der Waals surface area contributed by atoms with Crippen LogP contribution < -0.4 is 10.6 Å². The zero-order valence-corrected chi connectivity index (χ0v) is 12.0. The lowest BCUT2D eigenvalue weighted by molar-refractivity contribution is -0.137. The Morgan fingerprint density at radius 3 is 2.38 bits per heavy atom. The minimum absolute atomic E-state index is 0.113. The standard InChI is InChI=1S/C15H20N2O4/c1-11(18)16-8-5-9-17-13(10-14(19)20)15(21)12-6-3-2-4-7-12/h2-4,6-7,13,17H,5,8-10H2,1H3,(H,16,18)(H,19,20). The molecule has 0 radical (unpaired) electrons. The lowest BCUT2D eigenvalue weighted by Gasteiger charge is -2.16. The van der Waals surface area contributed by atoms with E-state index in [2.05, 4.69) is 10.6 Å². The largest absolute Gasteiger partial charge is 0.481 e. The number of benzene rings is 1. The summed E-state index contributed by atoms with van der Waals surface area (Å²) in [5.74, 6) is -1.38. The van der Waals surface area contributed by atoms with Gasteiger partial charge in [0.15, 0.2) is 5.78 Å². The molecular weight excluding hydrogens is 272 g/mol. The van der Waals surface area contributed by atoms with Crippen LogP contribution in [0.2, 0.25) is 0 Å². The van der Waals surface area contributed by atoms with E-state index in [4.69, 9.17) is 5.11 Å². The summed E-state index contributed by atoms with van der Waals surface area (Å²) in [4.78, 5) is 33.8. The number of carboxylic acid groups (broad SMARTS) is 1. The van der Waals surface area contributed by atoms with Crippen molar-refractivity contribution >= 4 is 17.7 Å². The van der Waals surface area contributed by atoms with Crippen LogP contribution in [0.1, 0.15) is 30.1 Å². The summed E-state index contributed by atoms with van der Waals surface area (Å²) in [7, 11) is 0. The highest BCUT2D eigenvalue weighted by Crippen LogP contribution is 2.06. The molecule has 0 aromatic heterocycles. The molecule has 0 spiro atoms. The number of carbonyl (C=O) groups is 3. The molecule has 1 atom stereocenters. The molecule has 21 heavy (non-hydrogen) atoms. The number of nitrogens with one attached hydrogen (secondary N) is 2. The van der Waals surface area contributed by atoms with E-state index in [1.807, 2.05) is 0 Å². The molecule has 6 heteroatoms. The maximum atomic E-state index is 12.3. The van der Waals surface area contributed by atoms with Gasteiger partial charge in [0.2, 0.25) is 5.91 Å². The molecule has 1 aromatic carbocycles. The first-order valence-corrected chi connectivity index (χ1v) is 6.79. The fourth-order valence-electron chi connectivity index (χ4n) is 1.86. The molecule has 1 aromatic rings. The summed E-state index contributed by atoms with van der Waals surface area (Å²) in [5.41, 5.74) is 0.484. The molecule has 6 nitrogen and oxygen atoms in total. The topological polar surface area (TPSA) is 95.5 Å². The van der Waals surface area contributed by atoms with Crippen molar-refractivity contribution in [3.8, 4) is 0 Å². The predicted molar refractivity (Wildman–Crippen MR) is 78.1 cm³/mol. The number of amides is 1. The van der Waals surface area contributed by atoms with E-state index in [-0.39, 0.29) is 18.1 Å². The third-order valence-corrected chi connectivity index (χ3v) is 2.87. The summed E-state index contributed by atoms with van der Waals surface area (Å²) in [6.07, 6.45) is 0.353. The minimum Gasteiger partial charge on any atom is -0.481 e. The van der Waals surface area contributed by atoms with E-state index in [9.17, 15) is 14.4 Å². The van der Waals surface area contributed by atoms with Crippen molar-refractivity contribution in [1.29, 1.82) is 0 Å². The SMILES string of the molecule is CC(=O)NCCCNC(CC(=O)O)C(=O)c1ccccc1. The zero-order valence-electron chi connectivity index (χ0n) is 12.0. The summed E-state index contributed by atoms with van der Waals surface area (Å²) in [5, 5.41) is 14.5. The second kappa shape index (κ2) is 8.86. The fourth-order valence-corrected chi connectivity index (χ4v) is 1.86. The van der Waals surface area contributed by atoms with Gasteiger partial charge in [-0.15, -0.1) is 0 Å². The van der Waals surface area contributed by atoms with Gasteiger partial charge in [-0.25, -0.2) is 0 Å². The first kappa shape index (κ1) is 16.8. The van der Waals surface area contributed by atoms with E-state index in [1.54, 1.807) is 30.3 Å². The van der Waals surface area contributed by atoms with E-state index in [1.165, 1.54) is 6.92 Å². The van der Waals surface area contributed by atoms with Crippen molar-refractivity contribution in [1.82, 2.24) is 10.6 Å². The Morgan fingerprint density at radius 2 is 1.81 bits per heavy atom. The van der Waals surface area contributed by atoms with Crippen molar-refractivity contribution in [3.63, 3.8) is 0 Å². The molecule has 0 fully saturated rings. The lowest BCUT2D eigenvalue weighted by atomic mass is 10.0. The first-order chi connectivity index (χ1) is 10.0. The molecule has 0 saturated carbocycles. The molecule has 0 saturated heterocycles. The van der Waals surface area contributed by atoms with Crippen molar-refractivity contribution in [2.24, 2.45) is 0 Å². The Hall–Kier alpha value is -2.21. The molecule has 1 amide bonds. The molecule has 0 aliphatic carbocycles. The number of carboxylic acids is 1. The van der Waals surface area contributed by atoms with Crippen LogP contribution in [0.3, 0.4) is 0 Å². The highest BCUT2D eigenvalue weighted by atomic mass is 16.4. The van der Waals surface area contributed by atoms with Crippen LogP contribution in [0.15, 0.2) is 30.3 Å². The average molecular weight is 292 g/mol. The number of ketones is 1. The third-order valence-electron chi connectivity index (χ3n) is 2.87. The summed E-state index contributed by atoms with van der Waals surface area (Å²) < 4.78 is 0. The van der Waals surface area contributed by atoms with Crippen molar-refractivity contribution in [2.45, 2.75) is 25.8 Å². The minimum atomic E-state index is -1.03. The Balaban J connectivity index is 2.53. The highest BCUT2D eigenvalue weighted by molar-refractivity contribution is 6.01. The Morgan fingerprint density at radius 1 is 1.14 bits per heavy atom. The van der Waals surface area contributed by atoms with Crippen molar-refractivity contribution in [3.05, 3.63) is 35.9 Å². The number of carbonyl (C=O) groups excluding carboxylic acids is 2. The van der Waals surface area contributed by atoms with Gasteiger partial charge in [-0.2, -0.15) is 0 Å². The quantitative estimate of drug-likeness (QED) is 0.463. The van der Waals surface area contributed by atoms with E-state index >= 15 is 0 Å². The van der Waals surface area contributed by atoms with Gasteiger partial charge >= 0.3 is 5.97 Å². The second-order valence-corrected chi connectivity index (χ2v) is 4.67. The van der Waals surface area contributed by atoms with Gasteiger partial charge in [-0.05, 0) is 13.0 Å². The van der Waals surface area contributed by atoms with Crippen LogP contribution in [-0.4, -0.2) is 41.9 Å². The molecule has 3 N–H and O–H groups in total. The number of hydrogen-bond acceptors (Lipinski definition) is 4. The van der Waals surface area contributed by atoms with Crippen LogP contribution in [0, 0.1) is 0 Å². The number of aliphatic carboxylic acids is 1. The fraction of sp³-hybridized carbons (Fsp3) is 0.400. The maximum absolute atomic E-state index is 12.3. The van der Waals surface area contributed by atoms with Gasteiger partial charge in [0.25, 0.3) is 0 Å². The van der Waals surface area contributed by atoms with Crippen LogP contribution >= 0.6 is 0 Å². The van der Waals surface area contributed by atoms with Gasteiger partial charge in [-0.1, -0.05) is 30.3 Å². The van der Waals surface area contributed by atoms with Crippen molar-refractivity contribution < 1.29 is 19.5 Å². The smallest absolute Gasteiger partial charge is 0.305 e. The Bertz CT molecular complexity index is 488. The van der Waals surface area contributed by atoms with E-state index < -0.39 is 12.0 Å². The predicted octanol–water partition coefficient (Wildman–Crippen LogP) is 0.828. The van der Waals surface area contributed by atoms with Crippen LogP contribution in [0.5, 0.6) is 0 Å². The van der Waals surface area contributed by atoms with Crippen LogP contribution in [0.25, 0.3) is 0 Å². The molecule has 114 valence electrons. The monoisotopic (exact) mass is 292 g/mol. The van der Waals surface area contributed by atoms with Crippen LogP contribution in [-0.2, 0) is 9.59 Å². The van der Waals surface area contributed by atoms with Gasteiger partial charge < -0.3 is 15.7 Å². The van der Waals surface area contributed by atoms with Crippen LogP contribution in [0.4, 0.5) is 0 Å². The second-order valence-electron chi connectivity index (χ2n) is 4.67. The summed E-state index contributed by atoms with van der Waals surface area (Å²) in [6.45, 7) is 2.37. The average Bonchev–Trinajstić information content (AvgIpc) is 2.45. The molecule has 0 bridgehead atoms. The zero-order chi connectivity index (χ0) is 15.7. The Kier molecular flexibility index (Phi) is 7.11. The molecule has 0 heterocycles. The lowest BCUT2D eigenvalue weighted by Crippen LogP contribution is -2.40. The van der Waals surface area contributed by atoms with Gasteiger partial charge in [0.05, 0.1) is 12.5 Å². The number of rotatable bonds is 9. The maximum Gasteiger partial charge on any atom is 0.305 e. The van der Waals surface area contributed by atoms with Gasteiger partial charge in [-0.3, -0.25) is 14.4 Å².